The molecule has 1 fully saturated rings. The highest BCUT2D eigenvalue weighted by Gasteiger charge is 2.46. The fraction of sp³-hybridized carbons (Fsp3) is 0.385. The smallest absolute Gasteiger partial charge is 0.155 e. The van der Waals surface area contributed by atoms with Crippen molar-refractivity contribution in [3.8, 4) is 11.3 Å². The molecule has 4 aromatic rings. The molecule has 0 amide bonds. The van der Waals surface area contributed by atoms with Crippen molar-refractivity contribution in [2.75, 3.05) is 18.0 Å². The van der Waals surface area contributed by atoms with Gasteiger partial charge in [-0.3, -0.25) is 9.97 Å². The fourth-order valence-corrected chi connectivity index (χ4v) is 6.06. The van der Waals surface area contributed by atoms with Crippen molar-refractivity contribution < 1.29 is 0 Å². The fourth-order valence-electron chi connectivity index (χ4n) is 5.86. The summed E-state index contributed by atoms with van der Waals surface area (Å²) in [5, 5.41) is 5.28. The normalized spacial score (nSPS) is 19.2. The van der Waals surface area contributed by atoms with Gasteiger partial charge in [-0.25, -0.2) is 9.50 Å². The monoisotopic (exact) mass is 473 g/mol. The summed E-state index contributed by atoms with van der Waals surface area (Å²) in [6.07, 6.45) is 8.70. The minimum atomic E-state index is 0.0653. The number of pyridine rings is 2. The maximum atomic E-state index is 6.82. The van der Waals surface area contributed by atoms with E-state index in [4.69, 9.17) is 22.3 Å². The maximum absolute atomic E-state index is 6.82. The van der Waals surface area contributed by atoms with Crippen LogP contribution in [0.2, 0.25) is 5.02 Å². The van der Waals surface area contributed by atoms with Crippen LogP contribution in [0, 0.1) is 26.2 Å². The molecule has 0 bridgehead atoms. The number of aromatic nitrogens is 5. The zero-order chi connectivity index (χ0) is 23.6. The van der Waals surface area contributed by atoms with Gasteiger partial charge < -0.3 is 10.6 Å². The van der Waals surface area contributed by atoms with Gasteiger partial charge in [0.2, 0.25) is 0 Å². The highest BCUT2D eigenvalue weighted by atomic mass is 35.5. The maximum Gasteiger partial charge on any atom is 0.155 e. The molecule has 0 aromatic carbocycles. The highest BCUT2D eigenvalue weighted by Crippen LogP contribution is 2.51. The van der Waals surface area contributed by atoms with Crippen LogP contribution in [-0.2, 0) is 6.42 Å². The summed E-state index contributed by atoms with van der Waals surface area (Å²) in [4.78, 5) is 16.3. The Hall–Kier alpha value is -3.03. The Labute approximate surface area is 204 Å². The molecule has 1 saturated heterocycles. The molecule has 1 spiro atoms. The Morgan fingerprint density at radius 3 is 2.65 bits per heavy atom. The number of anilines is 1. The Morgan fingerprint density at radius 2 is 1.85 bits per heavy atom. The van der Waals surface area contributed by atoms with Gasteiger partial charge in [0, 0.05) is 42.8 Å². The van der Waals surface area contributed by atoms with Gasteiger partial charge >= 0.3 is 0 Å². The molecule has 0 radical (unpaired) electrons. The van der Waals surface area contributed by atoms with Crippen LogP contribution in [-0.4, -0.2) is 37.7 Å². The van der Waals surface area contributed by atoms with Gasteiger partial charge in [0.15, 0.2) is 5.82 Å². The van der Waals surface area contributed by atoms with Gasteiger partial charge in [-0.1, -0.05) is 11.6 Å². The first kappa shape index (κ1) is 21.5. The molecule has 0 saturated carbocycles. The van der Waals surface area contributed by atoms with Crippen LogP contribution in [0.25, 0.3) is 16.8 Å². The van der Waals surface area contributed by atoms with Crippen LogP contribution in [0.4, 0.5) is 5.82 Å². The van der Waals surface area contributed by atoms with Crippen molar-refractivity contribution in [1.82, 2.24) is 24.6 Å². The lowest BCUT2D eigenvalue weighted by atomic mass is 9.73. The van der Waals surface area contributed by atoms with Crippen LogP contribution in [0.15, 0.2) is 36.8 Å². The van der Waals surface area contributed by atoms with Crippen molar-refractivity contribution in [2.45, 2.75) is 46.1 Å². The zero-order valence-corrected chi connectivity index (χ0v) is 20.5. The van der Waals surface area contributed by atoms with Gasteiger partial charge in [0.05, 0.1) is 28.3 Å². The van der Waals surface area contributed by atoms with E-state index in [0.29, 0.717) is 5.02 Å². The molecule has 0 unspecified atom stereocenters. The van der Waals surface area contributed by atoms with E-state index in [1.165, 1.54) is 11.1 Å². The van der Waals surface area contributed by atoms with E-state index >= 15 is 0 Å². The molecule has 8 heteroatoms. The second-order valence-electron chi connectivity index (χ2n) is 9.78. The number of piperidine rings is 1. The number of nitrogens with zero attached hydrogens (tertiary/aromatic N) is 6. The van der Waals surface area contributed by atoms with Gasteiger partial charge in [-0.05, 0) is 74.8 Å². The second-order valence-corrected chi connectivity index (χ2v) is 10.2. The summed E-state index contributed by atoms with van der Waals surface area (Å²) >= 11 is 6.63. The highest BCUT2D eigenvalue weighted by molar-refractivity contribution is 6.33. The van der Waals surface area contributed by atoms with E-state index in [-0.39, 0.29) is 11.5 Å². The molecule has 6 rings (SSSR count). The zero-order valence-electron chi connectivity index (χ0n) is 19.7. The van der Waals surface area contributed by atoms with E-state index in [2.05, 4.69) is 26.0 Å². The SMILES string of the molecule is Cc1cc2c(cn1)CC1(CCN(c3nc(C)c(-c4ccnc(C)c4Cl)n4nccc34)CC1)[C@@H]2N. The molecule has 1 atom stereocenters. The summed E-state index contributed by atoms with van der Waals surface area (Å²) < 4.78 is 1.97. The van der Waals surface area contributed by atoms with Crippen LogP contribution < -0.4 is 10.6 Å². The summed E-state index contributed by atoms with van der Waals surface area (Å²) in [7, 11) is 0. The standard InChI is InChI=1S/C26H28ClN7/c1-15-12-20-18(14-30-15)13-26(24(20)28)6-10-33(11-7-26)25-21-5-9-31-34(21)23(17(3)32-25)19-4-8-29-16(2)22(19)27/h4-5,8-9,12,14,24H,6-7,10-11,13,28H2,1-3H3/t24-/m1/s1. The van der Waals surface area contributed by atoms with Crippen molar-refractivity contribution >= 4 is 22.9 Å². The van der Waals surface area contributed by atoms with Crippen molar-refractivity contribution in [2.24, 2.45) is 11.1 Å². The largest absolute Gasteiger partial charge is 0.355 e. The Balaban J connectivity index is 1.33. The molecule has 34 heavy (non-hydrogen) atoms. The summed E-state index contributed by atoms with van der Waals surface area (Å²) in [6, 6.07) is 6.20. The van der Waals surface area contributed by atoms with Crippen molar-refractivity contribution in [3.05, 3.63) is 70.0 Å². The topological polar surface area (TPSA) is 85.2 Å². The average Bonchev–Trinajstić information content (AvgIpc) is 3.40. The van der Waals surface area contributed by atoms with Gasteiger partial charge in [0.1, 0.15) is 5.52 Å². The van der Waals surface area contributed by atoms with Gasteiger partial charge in [-0.2, -0.15) is 5.10 Å². The molecule has 7 nitrogen and oxygen atoms in total. The molecule has 1 aliphatic carbocycles. The lowest BCUT2D eigenvalue weighted by molar-refractivity contribution is 0.187. The number of hydrogen-bond donors (Lipinski definition) is 1. The van der Waals surface area contributed by atoms with Crippen LogP contribution in [0.1, 0.15) is 47.1 Å². The minimum absolute atomic E-state index is 0.0653. The minimum Gasteiger partial charge on any atom is -0.355 e. The lowest BCUT2D eigenvalue weighted by Crippen LogP contribution is -2.44. The lowest BCUT2D eigenvalue weighted by Gasteiger charge is -2.42. The Kier molecular flexibility index (Phi) is 4.90. The number of rotatable bonds is 2. The Bertz CT molecular complexity index is 1420. The molecule has 5 heterocycles. The second kappa shape index (κ2) is 7.75. The number of hydrogen-bond acceptors (Lipinski definition) is 6. The third-order valence-corrected chi connectivity index (χ3v) is 8.25. The van der Waals surface area contributed by atoms with Crippen molar-refractivity contribution in [1.29, 1.82) is 0 Å². The molecular formula is C26H28ClN7. The van der Waals surface area contributed by atoms with Crippen LogP contribution in [0.3, 0.4) is 0 Å². The first-order valence-corrected chi connectivity index (χ1v) is 12.2. The van der Waals surface area contributed by atoms with Gasteiger partial charge in [0.25, 0.3) is 0 Å². The van der Waals surface area contributed by atoms with Gasteiger partial charge in [-0.15, -0.1) is 0 Å². The number of halogens is 1. The quantitative estimate of drug-likeness (QED) is 0.457. The third-order valence-electron chi connectivity index (χ3n) is 7.77. The summed E-state index contributed by atoms with van der Waals surface area (Å²) in [6.45, 7) is 7.80. The predicted molar refractivity (Wildman–Crippen MR) is 134 cm³/mol. The van der Waals surface area contributed by atoms with E-state index in [1.54, 1.807) is 6.20 Å². The average molecular weight is 474 g/mol. The molecule has 4 aromatic heterocycles. The molecule has 174 valence electrons. The Morgan fingerprint density at radius 1 is 1.06 bits per heavy atom. The molecule has 2 aliphatic rings. The first-order chi connectivity index (χ1) is 16.4. The first-order valence-electron chi connectivity index (χ1n) is 11.8. The van der Waals surface area contributed by atoms with E-state index in [9.17, 15) is 0 Å². The predicted octanol–water partition coefficient (Wildman–Crippen LogP) is 4.61. The van der Waals surface area contributed by atoms with Crippen LogP contribution >= 0.6 is 11.6 Å². The van der Waals surface area contributed by atoms with E-state index in [1.807, 2.05) is 49.8 Å². The van der Waals surface area contributed by atoms with Crippen molar-refractivity contribution in [3.63, 3.8) is 0 Å². The number of aryl methyl sites for hydroxylation is 3. The number of fused-ring (bicyclic) bond motifs is 2. The van der Waals surface area contributed by atoms with Crippen LogP contribution in [0.5, 0.6) is 0 Å². The molecular weight excluding hydrogens is 446 g/mol. The summed E-state index contributed by atoms with van der Waals surface area (Å²) in [5.74, 6) is 0.970. The van der Waals surface area contributed by atoms with E-state index in [0.717, 1.165) is 72.0 Å². The summed E-state index contributed by atoms with van der Waals surface area (Å²) in [5.41, 5.74) is 15.0. The third kappa shape index (κ3) is 3.14. The molecule has 1 aliphatic heterocycles. The molecule has 2 N–H and O–H groups in total. The van der Waals surface area contributed by atoms with E-state index < -0.39 is 0 Å². The number of nitrogens with two attached hydrogens (primary N) is 1.